The van der Waals surface area contributed by atoms with Gasteiger partial charge in [0, 0.05) is 5.69 Å². The lowest BCUT2D eigenvalue weighted by molar-refractivity contribution is -0.140. The normalized spacial score (nSPS) is 29.3. The van der Waals surface area contributed by atoms with Gasteiger partial charge in [0.1, 0.15) is 5.75 Å². The highest BCUT2D eigenvalue weighted by Crippen LogP contribution is 2.37. The van der Waals surface area contributed by atoms with Crippen LogP contribution in [0, 0.1) is 30.6 Å². The molecule has 0 aliphatic heterocycles. The van der Waals surface area contributed by atoms with E-state index >= 15 is 0 Å². The Bertz CT molecular complexity index is 552. The van der Waals surface area contributed by atoms with Crippen molar-refractivity contribution in [2.45, 2.75) is 84.5 Å². The van der Waals surface area contributed by atoms with E-state index in [9.17, 15) is 4.79 Å². The van der Waals surface area contributed by atoms with Crippen LogP contribution in [0.15, 0.2) is 18.3 Å². The molecule has 26 heavy (non-hydrogen) atoms. The van der Waals surface area contributed by atoms with Crippen LogP contribution in [0.4, 0.5) is 0 Å². The van der Waals surface area contributed by atoms with Crippen LogP contribution in [0.1, 0.15) is 83.2 Å². The topological polar surface area (TPSA) is 39.2 Å². The summed E-state index contributed by atoms with van der Waals surface area (Å²) in [7, 11) is 0. The molecule has 0 atom stereocenters. The van der Waals surface area contributed by atoms with Gasteiger partial charge in [0.15, 0.2) is 0 Å². The molecule has 0 aromatic carbocycles. The molecule has 0 N–H and O–H groups in total. The molecule has 0 amide bonds. The van der Waals surface area contributed by atoms with Crippen molar-refractivity contribution in [3.8, 4) is 5.75 Å². The van der Waals surface area contributed by atoms with Gasteiger partial charge in [0.05, 0.1) is 12.1 Å². The molecule has 1 heterocycles. The van der Waals surface area contributed by atoms with Crippen molar-refractivity contribution in [3.63, 3.8) is 0 Å². The van der Waals surface area contributed by atoms with Crippen LogP contribution in [0.3, 0.4) is 0 Å². The fourth-order valence-electron chi connectivity index (χ4n) is 4.80. The molecule has 2 aliphatic rings. The van der Waals surface area contributed by atoms with Crippen LogP contribution in [0.2, 0.25) is 0 Å². The van der Waals surface area contributed by atoms with Gasteiger partial charge in [-0.05, 0) is 62.5 Å². The summed E-state index contributed by atoms with van der Waals surface area (Å²) in [6, 6.07) is 3.71. The number of aryl methyl sites for hydroxylation is 1. The molecule has 0 unspecified atom stereocenters. The second-order valence-corrected chi connectivity index (χ2v) is 8.65. The van der Waals surface area contributed by atoms with E-state index in [0.717, 1.165) is 36.3 Å². The minimum Gasteiger partial charge on any atom is -0.425 e. The van der Waals surface area contributed by atoms with Gasteiger partial charge in [0.25, 0.3) is 0 Å². The van der Waals surface area contributed by atoms with E-state index in [-0.39, 0.29) is 11.9 Å². The first-order valence-electron chi connectivity index (χ1n) is 10.8. The van der Waals surface area contributed by atoms with Crippen LogP contribution < -0.4 is 4.74 Å². The van der Waals surface area contributed by atoms with E-state index in [2.05, 4.69) is 11.9 Å². The Kier molecular flexibility index (Phi) is 7.10. The lowest BCUT2D eigenvalue weighted by atomic mass is 9.75. The third-order valence-electron chi connectivity index (χ3n) is 6.81. The summed E-state index contributed by atoms with van der Waals surface area (Å²) in [5, 5.41) is 0. The van der Waals surface area contributed by atoms with E-state index in [1.807, 2.05) is 19.1 Å². The van der Waals surface area contributed by atoms with Gasteiger partial charge in [-0.1, -0.05) is 51.9 Å². The number of aromatic nitrogens is 1. The largest absolute Gasteiger partial charge is 0.425 e. The molecular formula is C23H35NO2. The molecule has 0 spiro atoms. The molecule has 0 radical (unpaired) electrons. The second kappa shape index (κ2) is 9.53. The Morgan fingerprint density at radius 1 is 0.962 bits per heavy atom. The van der Waals surface area contributed by atoms with Crippen molar-refractivity contribution in [1.82, 2.24) is 4.98 Å². The SMILES string of the molecule is CC[C@H]1CC[C@H](CC[C@H]2CC[C@H](C(=O)Oc3ccc(C)nc3)CC2)CC1. The van der Waals surface area contributed by atoms with Gasteiger partial charge in [-0.3, -0.25) is 9.78 Å². The number of pyridine rings is 1. The first-order chi connectivity index (χ1) is 12.6. The number of esters is 1. The standard InChI is InChI=1S/C23H35NO2/c1-3-18-5-7-19(8-6-18)9-10-20-11-13-21(14-12-20)23(25)26-22-15-4-17(2)24-16-22/h4,15-16,18-21H,3,5-14H2,1-2H3/t18-,19-,20-,21-. The zero-order valence-corrected chi connectivity index (χ0v) is 16.6. The molecule has 144 valence electrons. The van der Waals surface area contributed by atoms with Crippen LogP contribution in [0.25, 0.3) is 0 Å². The van der Waals surface area contributed by atoms with Crippen molar-refractivity contribution in [2.24, 2.45) is 23.7 Å². The van der Waals surface area contributed by atoms with Gasteiger partial charge in [0.2, 0.25) is 0 Å². The number of hydrogen-bond donors (Lipinski definition) is 0. The summed E-state index contributed by atoms with van der Waals surface area (Å²) in [5.41, 5.74) is 0.938. The molecule has 0 saturated heterocycles. The van der Waals surface area contributed by atoms with Crippen LogP contribution in [-0.4, -0.2) is 11.0 Å². The second-order valence-electron chi connectivity index (χ2n) is 8.65. The summed E-state index contributed by atoms with van der Waals surface area (Å²) in [5.74, 6) is 3.37. The predicted molar refractivity (Wildman–Crippen MR) is 105 cm³/mol. The maximum atomic E-state index is 12.4. The highest BCUT2D eigenvalue weighted by molar-refractivity contribution is 5.75. The molecule has 2 saturated carbocycles. The van der Waals surface area contributed by atoms with E-state index in [1.165, 1.54) is 57.8 Å². The first kappa shape index (κ1) is 19.4. The zero-order valence-electron chi connectivity index (χ0n) is 16.6. The minimum atomic E-state index is -0.0630. The molecule has 2 aliphatic carbocycles. The fraction of sp³-hybridized carbons (Fsp3) is 0.739. The summed E-state index contributed by atoms with van der Waals surface area (Å²) in [6.45, 7) is 4.27. The summed E-state index contributed by atoms with van der Waals surface area (Å²) in [6.07, 6.45) is 16.0. The Hall–Kier alpha value is -1.38. The van der Waals surface area contributed by atoms with Gasteiger partial charge >= 0.3 is 5.97 Å². The maximum absolute atomic E-state index is 12.4. The van der Waals surface area contributed by atoms with E-state index < -0.39 is 0 Å². The van der Waals surface area contributed by atoms with Gasteiger partial charge in [-0.2, -0.15) is 0 Å². The average molecular weight is 358 g/mol. The average Bonchev–Trinajstić information content (AvgIpc) is 2.69. The zero-order chi connectivity index (χ0) is 18.4. The Balaban J connectivity index is 1.35. The smallest absolute Gasteiger partial charge is 0.314 e. The van der Waals surface area contributed by atoms with Crippen molar-refractivity contribution in [1.29, 1.82) is 0 Å². The van der Waals surface area contributed by atoms with Crippen LogP contribution in [-0.2, 0) is 4.79 Å². The third kappa shape index (κ3) is 5.56. The molecule has 1 aromatic rings. The number of carbonyl (C=O) groups excluding carboxylic acids is 1. The Labute approximate surface area is 158 Å². The van der Waals surface area contributed by atoms with E-state index in [0.29, 0.717) is 5.75 Å². The number of rotatable bonds is 6. The predicted octanol–water partition coefficient (Wildman–Crippen LogP) is 6.10. The number of hydrogen-bond acceptors (Lipinski definition) is 3. The molecule has 1 aromatic heterocycles. The Morgan fingerprint density at radius 2 is 1.54 bits per heavy atom. The monoisotopic (exact) mass is 357 g/mol. The maximum Gasteiger partial charge on any atom is 0.314 e. The quantitative estimate of drug-likeness (QED) is 0.578. The molecule has 2 fully saturated rings. The van der Waals surface area contributed by atoms with Crippen molar-refractivity contribution < 1.29 is 9.53 Å². The van der Waals surface area contributed by atoms with E-state index in [1.54, 1.807) is 6.20 Å². The van der Waals surface area contributed by atoms with Gasteiger partial charge in [-0.15, -0.1) is 0 Å². The highest BCUT2D eigenvalue weighted by Gasteiger charge is 2.28. The molecule has 3 rings (SSSR count). The number of ether oxygens (including phenoxy) is 1. The molecule has 0 bridgehead atoms. The third-order valence-corrected chi connectivity index (χ3v) is 6.81. The lowest BCUT2D eigenvalue weighted by Crippen LogP contribution is -2.26. The number of carbonyl (C=O) groups is 1. The van der Waals surface area contributed by atoms with Gasteiger partial charge in [-0.25, -0.2) is 0 Å². The number of nitrogens with zero attached hydrogens (tertiary/aromatic N) is 1. The summed E-state index contributed by atoms with van der Waals surface area (Å²) in [4.78, 5) is 16.6. The van der Waals surface area contributed by atoms with Crippen LogP contribution in [0.5, 0.6) is 5.75 Å². The fourth-order valence-corrected chi connectivity index (χ4v) is 4.80. The van der Waals surface area contributed by atoms with Gasteiger partial charge < -0.3 is 4.74 Å². The summed E-state index contributed by atoms with van der Waals surface area (Å²) >= 11 is 0. The van der Waals surface area contributed by atoms with Crippen LogP contribution >= 0.6 is 0 Å². The molecular weight excluding hydrogens is 322 g/mol. The van der Waals surface area contributed by atoms with Crippen molar-refractivity contribution >= 4 is 5.97 Å². The molecule has 3 heteroatoms. The minimum absolute atomic E-state index is 0.0630. The van der Waals surface area contributed by atoms with Crippen molar-refractivity contribution in [3.05, 3.63) is 24.0 Å². The summed E-state index contributed by atoms with van der Waals surface area (Å²) < 4.78 is 5.52. The van der Waals surface area contributed by atoms with Crippen molar-refractivity contribution in [2.75, 3.05) is 0 Å². The lowest BCUT2D eigenvalue weighted by Gasteiger charge is -2.31. The molecule has 3 nitrogen and oxygen atoms in total. The Morgan fingerprint density at radius 3 is 2.08 bits per heavy atom. The van der Waals surface area contributed by atoms with E-state index in [4.69, 9.17) is 4.74 Å². The first-order valence-corrected chi connectivity index (χ1v) is 10.8. The highest BCUT2D eigenvalue weighted by atomic mass is 16.5.